The van der Waals surface area contributed by atoms with Gasteiger partial charge in [-0.1, -0.05) is 13.8 Å². The van der Waals surface area contributed by atoms with E-state index in [1.807, 2.05) is 13.8 Å². The Bertz CT molecular complexity index is 438. The molecule has 0 saturated carbocycles. The summed E-state index contributed by atoms with van der Waals surface area (Å²) < 4.78 is 5.13. The lowest BCUT2D eigenvalue weighted by molar-refractivity contribution is -0.134. The van der Waals surface area contributed by atoms with Gasteiger partial charge in [0, 0.05) is 18.2 Å². The average molecular weight is 237 g/mol. The Morgan fingerprint density at radius 2 is 2.18 bits per heavy atom. The topological polar surface area (TPSA) is 75.8 Å². The number of allylic oxidation sites excluding steroid dienone is 1. The Hall–Kier alpha value is -1.49. The Labute approximate surface area is 99.2 Å². The predicted octanol–water partition coefficient (Wildman–Crippen LogP) is 0.342. The fourth-order valence-electron chi connectivity index (χ4n) is 2.04. The second-order valence-electron chi connectivity index (χ2n) is 4.94. The zero-order chi connectivity index (χ0) is 12.8. The van der Waals surface area contributed by atoms with Gasteiger partial charge in [-0.3, -0.25) is 14.4 Å². The van der Waals surface area contributed by atoms with Crippen LogP contribution >= 0.6 is 0 Å². The van der Waals surface area contributed by atoms with Crippen LogP contribution < -0.4 is 5.32 Å². The highest BCUT2D eigenvalue weighted by molar-refractivity contribution is 6.23. The second kappa shape index (κ2) is 3.77. The van der Waals surface area contributed by atoms with Gasteiger partial charge in [-0.05, 0) is 12.8 Å². The van der Waals surface area contributed by atoms with Crippen LogP contribution in [0.2, 0.25) is 0 Å². The van der Waals surface area contributed by atoms with Gasteiger partial charge in [0.15, 0.2) is 11.9 Å². The Morgan fingerprint density at radius 3 is 2.71 bits per heavy atom. The summed E-state index contributed by atoms with van der Waals surface area (Å²) in [6.07, 6.45) is 0.724. The zero-order valence-electron chi connectivity index (χ0n) is 10.1. The van der Waals surface area contributed by atoms with E-state index in [0.717, 1.165) is 0 Å². The number of ether oxygens (including phenoxy) is 1. The molecule has 0 radical (unpaired) electrons. The molecule has 2 heterocycles. The highest BCUT2D eigenvalue weighted by Crippen LogP contribution is 2.41. The van der Waals surface area contributed by atoms with Gasteiger partial charge in [-0.15, -0.1) is 0 Å². The molecule has 5 nitrogen and oxygen atoms in total. The quantitative estimate of drug-likeness (QED) is 0.567. The fourth-order valence-corrected chi connectivity index (χ4v) is 2.04. The monoisotopic (exact) mass is 237 g/mol. The molecule has 92 valence electrons. The molecule has 2 rings (SSSR count). The largest absolute Gasteiger partial charge is 0.339 e. The third-order valence-electron chi connectivity index (χ3n) is 2.88. The molecule has 0 aromatic heterocycles. The lowest BCUT2D eigenvalue weighted by Gasteiger charge is -2.16. The van der Waals surface area contributed by atoms with Crippen molar-refractivity contribution >= 4 is 17.5 Å². The van der Waals surface area contributed by atoms with Crippen molar-refractivity contribution in [3.63, 3.8) is 0 Å². The van der Waals surface area contributed by atoms with Crippen molar-refractivity contribution in [2.24, 2.45) is 5.92 Å². The highest BCUT2D eigenvalue weighted by atomic mass is 16.6. The van der Waals surface area contributed by atoms with Crippen LogP contribution in [0.1, 0.15) is 27.2 Å². The van der Waals surface area contributed by atoms with Gasteiger partial charge < -0.3 is 10.1 Å². The minimum absolute atomic E-state index is 0.183. The van der Waals surface area contributed by atoms with Crippen LogP contribution in [-0.2, 0) is 19.1 Å². The summed E-state index contributed by atoms with van der Waals surface area (Å²) in [7, 11) is 0. The van der Waals surface area contributed by atoms with Crippen LogP contribution in [0.5, 0.6) is 0 Å². The third kappa shape index (κ3) is 1.80. The molecule has 0 aromatic carbocycles. The van der Waals surface area contributed by atoms with Gasteiger partial charge in [0.2, 0.25) is 11.4 Å². The standard InChI is InChI=1S/C12H15NO4/c1-6(2)4-8(14)10-12(17-10)9(15)5-7(3)13-11(12)16/h5-6,10H,4H2,1-3H3,(H,13,16)/t10?,12-/m0/s1. The Balaban J connectivity index is 2.17. The van der Waals surface area contributed by atoms with E-state index in [9.17, 15) is 14.4 Å². The highest BCUT2D eigenvalue weighted by Gasteiger charge is 2.71. The zero-order valence-corrected chi connectivity index (χ0v) is 10.1. The lowest BCUT2D eigenvalue weighted by atomic mass is 9.90. The van der Waals surface area contributed by atoms with E-state index in [-0.39, 0.29) is 11.7 Å². The summed E-state index contributed by atoms with van der Waals surface area (Å²) >= 11 is 0. The van der Waals surface area contributed by atoms with Gasteiger partial charge in [-0.25, -0.2) is 0 Å². The van der Waals surface area contributed by atoms with E-state index in [1.54, 1.807) is 6.92 Å². The molecule has 1 amide bonds. The van der Waals surface area contributed by atoms with Crippen LogP contribution in [0.4, 0.5) is 0 Å². The van der Waals surface area contributed by atoms with Crippen molar-refractivity contribution in [2.75, 3.05) is 0 Å². The fraction of sp³-hybridized carbons (Fsp3) is 0.583. The molecule has 1 N–H and O–H groups in total. The van der Waals surface area contributed by atoms with E-state index < -0.39 is 23.4 Å². The summed E-state index contributed by atoms with van der Waals surface area (Å²) in [4.78, 5) is 35.3. The van der Waals surface area contributed by atoms with Crippen molar-refractivity contribution in [1.29, 1.82) is 0 Å². The van der Waals surface area contributed by atoms with E-state index >= 15 is 0 Å². The maximum absolute atomic E-state index is 11.8. The van der Waals surface area contributed by atoms with Gasteiger partial charge in [-0.2, -0.15) is 0 Å². The van der Waals surface area contributed by atoms with E-state index in [4.69, 9.17) is 4.74 Å². The third-order valence-corrected chi connectivity index (χ3v) is 2.88. The molecule has 0 bridgehead atoms. The van der Waals surface area contributed by atoms with Crippen molar-refractivity contribution in [3.8, 4) is 0 Å². The molecule has 0 aromatic rings. The van der Waals surface area contributed by atoms with E-state index in [0.29, 0.717) is 12.1 Å². The number of hydrogen-bond acceptors (Lipinski definition) is 4. The van der Waals surface area contributed by atoms with Crippen molar-refractivity contribution < 1.29 is 19.1 Å². The first-order valence-corrected chi connectivity index (χ1v) is 5.62. The maximum atomic E-state index is 11.8. The minimum Gasteiger partial charge on any atom is -0.339 e. The van der Waals surface area contributed by atoms with Gasteiger partial charge in [0.25, 0.3) is 5.91 Å². The van der Waals surface area contributed by atoms with Crippen LogP contribution in [-0.4, -0.2) is 29.2 Å². The van der Waals surface area contributed by atoms with Gasteiger partial charge in [0.1, 0.15) is 0 Å². The number of rotatable bonds is 3. The molecule has 2 atom stereocenters. The number of Topliss-reactive ketones (excluding diaryl/α,β-unsaturated/α-hetero) is 1. The van der Waals surface area contributed by atoms with Crippen LogP contribution in [0.3, 0.4) is 0 Å². The predicted molar refractivity (Wildman–Crippen MR) is 59.0 cm³/mol. The minimum atomic E-state index is -1.56. The van der Waals surface area contributed by atoms with Gasteiger partial charge in [0.05, 0.1) is 0 Å². The molecular weight excluding hydrogens is 222 g/mol. The molecule has 2 aliphatic rings. The van der Waals surface area contributed by atoms with Crippen molar-refractivity contribution in [3.05, 3.63) is 11.8 Å². The van der Waals surface area contributed by atoms with Crippen molar-refractivity contribution in [1.82, 2.24) is 5.32 Å². The molecule has 0 aliphatic carbocycles. The number of hydrogen-bond donors (Lipinski definition) is 1. The smallest absolute Gasteiger partial charge is 0.267 e. The summed E-state index contributed by atoms with van der Waals surface area (Å²) in [6.45, 7) is 5.43. The average Bonchev–Trinajstić information content (AvgIpc) is 2.89. The van der Waals surface area contributed by atoms with E-state index in [1.165, 1.54) is 6.08 Å². The lowest BCUT2D eigenvalue weighted by Crippen LogP contribution is -2.48. The molecule has 1 spiro atoms. The summed E-state index contributed by atoms with van der Waals surface area (Å²) in [5.41, 5.74) is -1.08. The number of ketones is 2. The number of carbonyl (C=O) groups is 3. The van der Waals surface area contributed by atoms with Crippen molar-refractivity contribution in [2.45, 2.75) is 38.9 Å². The van der Waals surface area contributed by atoms with E-state index in [2.05, 4.69) is 5.32 Å². The molecule has 5 heteroatoms. The summed E-state index contributed by atoms with van der Waals surface area (Å²) in [5, 5.41) is 2.52. The normalized spacial score (nSPS) is 31.5. The number of epoxide rings is 1. The Kier molecular flexibility index (Phi) is 2.66. The maximum Gasteiger partial charge on any atom is 0.267 e. The SMILES string of the molecule is CC1=CC(=O)[C@@]2(OC2C(=O)CC(C)C)C(=O)N1. The first-order chi connectivity index (χ1) is 7.87. The van der Waals surface area contributed by atoms with Crippen LogP contribution in [0.25, 0.3) is 0 Å². The Morgan fingerprint density at radius 1 is 1.53 bits per heavy atom. The molecule has 1 saturated heterocycles. The summed E-state index contributed by atoms with van der Waals surface area (Å²) in [5.74, 6) is -0.954. The molecule has 17 heavy (non-hydrogen) atoms. The first-order valence-electron chi connectivity index (χ1n) is 5.62. The first kappa shape index (κ1) is 12.0. The van der Waals surface area contributed by atoms with Gasteiger partial charge >= 0.3 is 0 Å². The molecular formula is C12H15NO4. The number of carbonyl (C=O) groups excluding carboxylic acids is 3. The number of nitrogens with one attached hydrogen (secondary N) is 1. The van der Waals surface area contributed by atoms with Crippen LogP contribution in [0.15, 0.2) is 11.8 Å². The summed E-state index contributed by atoms with van der Waals surface area (Å²) in [6, 6.07) is 0. The molecule has 1 fully saturated rings. The molecule has 2 aliphatic heterocycles. The molecule has 1 unspecified atom stereocenters. The van der Waals surface area contributed by atoms with Crippen LogP contribution in [0, 0.1) is 5.92 Å². The second-order valence-corrected chi connectivity index (χ2v) is 4.94. The number of amides is 1.